The molecule has 3 atom stereocenters. The van der Waals surface area contributed by atoms with E-state index < -0.39 is 0 Å². The van der Waals surface area contributed by atoms with Gasteiger partial charge in [-0.2, -0.15) is 0 Å². The Hall–Kier alpha value is -1.69. The molecule has 0 aliphatic carbocycles. The predicted molar refractivity (Wildman–Crippen MR) is 113 cm³/mol. The third kappa shape index (κ3) is 4.42. The molecule has 1 saturated heterocycles. The van der Waals surface area contributed by atoms with Crippen LogP contribution < -0.4 is 5.32 Å². The number of methoxy groups -OCH3 is 1. The van der Waals surface area contributed by atoms with E-state index in [-0.39, 0.29) is 17.4 Å². The average Bonchev–Trinajstić information content (AvgIpc) is 3.23. The molecular weight excluding hydrogens is 356 g/mol. The van der Waals surface area contributed by atoms with Crippen LogP contribution in [0.4, 0.5) is 5.69 Å². The fourth-order valence-corrected chi connectivity index (χ4v) is 4.64. The number of nitrogens with one attached hydrogen (secondary N) is 1. The molecule has 146 valence electrons. The summed E-state index contributed by atoms with van der Waals surface area (Å²) in [4.78, 5) is 15.7. The molecule has 0 radical (unpaired) electrons. The Morgan fingerprint density at radius 3 is 2.70 bits per heavy atom. The number of likely N-dealkylation sites (tertiary alicyclic amines) is 1. The maximum atomic E-state index is 11.8. The number of carbonyl (C=O) groups is 1. The van der Waals surface area contributed by atoms with Crippen molar-refractivity contribution < 1.29 is 9.53 Å². The Morgan fingerprint density at radius 2 is 2.11 bits per heavy atom. The molecule has 2 aromatic rings. The molecule has 1 aliphatic rings. The van der Waals surface area contributed by atoms with Crippen LogP contribution in [-0.4, -0.2) is 42.5 Å². The first-order valence-electron chi connectivity index (χ1n) is 9.69. The highest BCUT2D eigenvalue weighted by atomic mass is 32.1. The molecule has 1 aliphatic heterocycles. The second-order valence-electron chi connectivity index (χ2n) is 7.52. The zero-order valence-corrected chi connectivity index (χ0v) is 17.5. The maximum absolute atomic E-state index is 11.8. The number of hydrogen-bond donors (Lipinski definition) is 1. The quantitative estimate of drug-likeness (QED) is 0.681. The SMILES string of the molecule is CCC(=O)c1ccc(NC2CCN(C(C)c3cccs3)CC2(C)OC)cc1. The Morgan fingerprint density at radius 1 is 1.37 bits per heavy atom. The lowest BCUT2D eigenvalue weighted by molar-refractivity contribution is -0.0680. The van der Waals surface area contributed by atoms with Crippen molar-refractivity contribution in [2.24, 2.45) is 0 Å². The molecule has 1 aromatic heterocycles. The smallest absolute Gasteiger partial charge is 0.162 e. The third-order valence-electron chi connectivity index (χ3n) is 5.80. The van der Waals surface area contributed by atoms with Crippen molar-refractivity contribution in [1.29, 1.82) is 0 Å². The molecule has 0 saturated carbocycles. The first-order chi connectivity index (χ1) is 13.0. The number of ether oxygens (including phenoxy) is 1. The van der Waals surface area contributed by atoms with Crippen LogP contribution in [0.5, 0.6) is 0 Å². The molecule has 3 rings (SSSR count). The van der Waals surface area contributed by atoms with Gasteiger partial charge in [0.25, 0.3) is 0 Å². The lowest BCUT2D eigenvalue weighted by Crippen LogP contribution is -2.59. The molecule has 1 fully saturated rings. The van der Waals surface area contributed by atoms with E-state index in [1.807, 2.05) is 42.5 Å². The highest BCUT2D eigenvalue weighted by molar-refractivity contribution is 7.10. The van der Waals surface area contributed by atoms with Crippen molar-refractivity contribution in [3.05, 3.63) is 52.2 Å². The normalized spacial score (nSPS) is 24.5. The standard InChI is InChI=1S/C22H30N2O2S/c1-5-19(25)17-8-10-18(11-9-17)23-21-12-13-24(15-22(21,3)26-4)16(2)20-7-6-14-27-20/h6-11,14,16,21,23H,5,12-13,15H2,1-4H3. The van der Waals surface area contributed by atoms with E-state index in [0.29, 0.717) is 12.5 Å². The first kappa shape index (κ1) is 20.1. The third-order valence-corrected chi connectivity index (χ3v) is 6.84. The Bertz CT molecular complexity index is 744. The van der Waals surface area contributed by atoms with Gasteiger partial charge in [0.1, 0.15) is 0 Å². The van der Waals surface area contributed by atoms with Crippen LogP contribution in [0.1, 0.15) is 54.9 Å². The van der Waals surface area contributed by atoms with Crippen LogP contribution in [0.2, 0.25) is 0 Å². The van der Waals surface area contributed by atoms with Crippen molar-refractivity contribution in [2.45, 2.75) is 51.3 Å². The number of hydrogen-bond acceptors (Lipinski definition) is 5. The summed E-state index contributed by atoms with van der Waals surface area (Å²) in [6.45, 7) is 8.27. The van der Waals surface area contributed by atoms with Crippen molar-refractivity contribution >= 4 is 22.8 Å². The molecule has 3 unspecified atom stereocenters. The second-order valence-corrected chi connectivity index (χ2v) is 8.50. The number of nitrogens with zero attached hydrogens (tertiary/aromatic N) is 1. The number of rotatable bonds is 7. The van der Waals surface area contributed by atoms with Gasteiger partial charge in [0.2, 0.25) is 0 Å². The fourth-order valence-electron chi connectivity index (χ4n) is 3.82. The highest BCUT2D eigenvalue weighted by Crippen LogP contribution is 2.33. The van der Waals surface area contributed by atoms with E-state index in [0.717, 1.165) is 30.8 Å². The van der Waals surface area contributed by atoms with E-state index in [9.17, 15) is 4.79 Å². The van der Waals surface area contributed by atoms with Gasteiger partial charge < -0.3 is 10.1 Å². The van der Waals surface area contributed by atoms with Crippen LogP contribution in [0, 0.1) is 0 Å². The van der Waals surface area contributed by atoms with Crippen LogP contribution in [0.15, 0.2) is 41.8 Å². The van der Waals surface area contributed by atoms with Gasteiger partial charge in [0.15, 0.2) is 5.78 Å². The van der Waals surface area contributed by atoms with Crippen LogP contribution in [0.3, 0.4) is 0 Å². The van der Waals surface area contributed by atoms with Gasteiger partial charge in [-0.25, -0.2) is 0 Å². The largest absolute Gasteiger partial charge is 0.379 e. The Labute approximate surface area is 166 Å². The molecule has 4 nitrogen and oxygen atoms in total. The summed E-state index contributed by atoms with van der Waals surface area (Å²) in [6, 6.07) is 12.8. The predicted octanol–water partition coefficient (Wildman–Crippen LogP) is 4.99. The van der Waals surface area contributed by atoms with Gasteiger partial charge in [0, 0.05) is 48.8 Å². The van der Waals surface area contributed by atoms with Gasteiger partial charge in [-0.3, -0.25) is 9.69 Å². The number of ketones is 1. The number of piperidine rings is 1. The zero-order valence-electron chi connectivity index (χ0n) is 16.7. The summed E-state index contributed by atoms with van der Waals surface area (Å²) in [5.41, 5.74) is 1.54. The summed E-state index contributed by atoms with van der Waals surface area (Å²) in [7, 11) is 1.80. The number of carbonyl (C=O) groups excluding carboxylic acids is 1. The number of anilines is 1. The van der Waals surface area contributed by atoms with Gasteiger partial charge in [0.05, 0.1) is 11.6 Å². The first-order valence-corrected chi connectivity index (χ1v) is 10.6. The lowest BCUT2D eigenvalue weighted by Gasteiger charge is -2.47. The molecule has 1 aromatic carbocycles. The van der Waals surface area contributed by atoms with Crippen molar-refractivity contribution in [3.63, 3.8) is 0 Å². The number of benzene rings is 1. The van der Waals surface area contributed by atoms with Crippen LogP contribution >= 0.6 is 11.3 Å². The molecule has 0 amide bonds. The molecule has 27 heavy (non-hydrogen) atoms. The van der Waals surface area contributed by atoms with Gasteiger partial charge in [-0.15, -0.1) is 11.3 Å². The number of thiophene rings is 1. The van der Waals surface area contributed by atoms with Gasteiger partial charge >= 0.3 is 0 Å². The summed E-state index contributed by atoms with van der Waals surface area (Å²) < 4.78 is 5.99. The molecule has 5 heteroatoms. The number of Topliss-reactive ketones (excluding diaryl/α,β-unsaturated/α-hetero) is 1. The topological polar surface area (TPSA) is 41.6 Å². The minimum Gasteiger partial charge on any atom is -0.379 e. The minimum atomic E-state index is -0.276. The molecular formula is C22H30N2O2S. The minimum absolute atomic E-state index is 0.180. The highest BCUT2D eigenvalue weighted by Gasteiger charge is 2.41. The van der Waals surface area contributed by atoms with Crippen LogP contribution in [0.25, 0.3) is 0 Å². The van der Waals surface area contributed by atoms with Gasteiger partial charge in [-0.05, 0) is 56.0 Å². The fraction of sp³-hybridized carbons (Fsp3) is 0.500. The Balaban J connectivity index is 1.69. The monoisotopic (exact) mass is 386 g/mol. The second kappa shape index (κ2) is 8.55. The molecule has 1 N–H and O–H groups in total. The van der Waals surface area contributed by atoms with Gasteiger partial charge in [-0.1, -0.05) is 13.0 Å². The van der Waals surface area contributed by atoms with E-state index in [1.165, 1.54) is 4.88 Å². The zero-order chi connectivity index (χ0) is 19.4. The summed E-state index contributed by atoms with van der Waals surface area (Å²) in [5.74, 6) is 0.180. The average molecular weight is 387 g/mol. The van der Waals surface area contributed by atoms with Crippen molar-refractivity contribution in [2.75, 3.05) is 25.5 Å². The summed E-state index contributed by atoms with van der Waals surface area (Å²) in [6.07, 6.45) is 1.55. The van der Waals surface area contributed by atoms with E-state index in [2.05, 4.69) is 41.6 Å². The van der Waals surface area contributed by atoms with E-state index >= 15 is 0 Å². The van der Waals surface area contributed by atoms with Crippen molar-refractivity contribution in [1.82, 2.24) is 4.90 Å². The lowest BCUT2D eigenvalue weighted by atomic mass is 9.87. The molecule has 0 spiro atoms. The van der Waals surface area contributed by atoms with E-state index in [4.69, 9.17) is 4.74 Å². The molecule has 2 heterocycles. The summed E-state index contributed by atoms with van der Waals surface area (Å²) >= 11 is 1.82. The van der Waals surface area contributed by atoms with E-state index in [1.54, 1.807) is 7.11 Å². The van der Waals surface area contributed by atoms with Crippen LogP contribution in [-0.2, 0) is 4.74 Å². The summed E-state index contributed by atoms with van der Waals surface area (Å²) in [5, 5.41) is 5.78. The molecule has 0 bridgehead atoms. The Kier molecular flexibility index (Phi) is 6.35. The maximum Gasteiger partial charge on any atom is 0.162 e. The van der Waals surface area contributed by atoms with Crippen molar-refractivity contribution in [3.8, 4) is 0 Å².